The molecule has 4 heteroatoms. The lowest BCUT2D eigenvalue weighted by atomic mass is 9.98. The zero-order valence-corrected chi connectivity index (χ0v) is 6.88. The van der Waals surface area contributed by atoms with Crippen LogP contribution in [0, 0.1) is 5.92 Å². The Balaban J connectivity index is 2.55. The third-order valence-electron chi connectivity index (χ3n) is 2.08. The van der Waals surface area contributed by atoms with E-state index in [-0.39, 0.29) is 5.91 Å². The Labute approximate surface area is 71.0 Å². The molecule has 0 bridgehead atoms. The lowest BCUT2D eigenvalue weighted by Gasteiger charge is -2.15. The molecule has 68 valence electrons. The molecule has 1 aliphatic rings. The maximum Gasteiger partial charge on any atom is 0.316 e. The summed E-state index contributed by atoms with van der Waals surface area (Å²) in [4.78, 5) is 21.7. The minimum atomic E-state index is -1.01. The van der Waals surface area contributed by atoms with E-state index in [0.29, 0.717) is 13.0 Å². The summed E-state index contributed by atoms with van der Waals surface area (Å²) in [7, 11) is 0. The van der Waals surface area contributed by atoms with Crippen LogP contribution in [0.2, 0.25) is 0 Å². The maximum atomic E-state index is 11.1. The van der Waals surface area contributed by atoms with Crippen LogP contribution in [0.1, 0.15) is 25.7 Å². The van der Waals surface area contributed by atoms with Gasteiger partial charge >= 0.3 is 5.97 Å². The van der Waals surface area contributed by atoms with Gasteiger partial charge in [-0.1, -0.05) is 12.8 Å². The second kappa shape index (κ2) is 4.09. The molecule has 0 spiro atoms. The van der Waals surface area contributed by atoms with E-state index in [0.717, 1.165) is 19.3 Å². The molecule has 1 rings (SSSR count). The summed E-state index contributed by atoms with van der Waals surface area (Å²) >= 11 is 0. The van der Waals surface area contributed by atoms with Gasteiger partial charge in [0.15, 0.2) is 0 Å². The fourth-order valence-electron chi connectivity index (χ4n) is 1.35. The summed E-state index contributed by atoms with van der Waals surface area (Å²) < 4.78 is 0. The molecule has 1 heterocycles. The largest absolute Gasteiger partial charge is 0.481 e. The van der Waals surface area contributed by atoms with Crippen molar-refractivity contribution in [2.45, 2.75) is 25.7 Å². The molecule has 1 aliphatic heterocycles. The minimum absolute atomic E-state index is 0.331. The Morgan fingerprint density at radius 1 is 1.42 bits per heavy atom. The van der Waals surface area contributed by atoms with Crippen LogP contribution in [0.5, 0.6) is 0 Å². The van der Waals surface area contributed by atoms with E-state index in [9.17, 15) is 9.59 Å². The molecule has 1 amide bonds. The Hall–Kier alpha value is -1.06. The molecule has 0 aliphatic carbocycles. The second-order valence-corrected chi connectivity index (χ2v) is 3.03. The van der Waals surface area contributed by atoms with Gasteiger partial charge in [-0.25, -0.2) is 0 Å². The molecule has 0 aromatic rings. The van der Waals surface area contributed by atoms with Gasteiger partial charge in [-0.05, 0) is 12.8 Å². The first-order chi connectivity index (χ1) is 5.72. The lowest BCUT2D eigenvalue weighted by molar-refractivity contribution is -0.147. The molecule has 12 heavy (non-hydrogen) atoms. The predicted octanol–water partition coefficient (Wildman–Crippen LogP) is 0.377. The van der Waals surface area contributed by atoms with E-state index in [1.54, 1.807) is 0 Å². The van der Waals surface area contributed by atoms with Gasteiger partial charge in [-0.15, -0.1) is 0 Å². The SMILES string of the molecule is O=C(O)C1CCCCCNC1=O. The third-order valence-corrected chi connectivity index (χ3v) is 2.08. The van der Waals surface area contributed by atoms with Gasteiger partial charge in [0, 0.05) is 6.54 Å². The molecule has 4 nitrogen and oxygen atoms in total. The highest BCUT2D eigenvalue weighted by molar-refractivity contribution is 5.96. The molecule has 0 aromatic heterocycles. The van der Waals surface area contributed by atoms with Crippen molar-refractivity contribution in [2.75, 3.05) is 6.54 Å². The highest BCUT2D eigenvalue weighted by Gasteiger charge is 2.26. The van der Waals surface area contributed by atoms with Crippen LogP contribution in [-0.2, 0) is 9.59 Å². The Morgan fingerprint density at radius 2 is 2.17 bits per heavy atom. The molecule has 0 aromatic carbocycles. The topological polar surface area (TPSA) is 66.4 Å². The van der Waals surface area contributed by atoms with Crippen molar-refractivity contribution in [3.8, 4) is 0 Å². The maximum absolute atomic E-state index is 11.1. The van der Waals surface area contributed by atoms with Crippen molar-refractivity contribution >= 4 is 11.9 Å². The number of hydrogen-bond acceptors (Lipinski definition) is 2. The van der Waals surface area contributed by atoms with E-state index in [2.05, 4.69) is 5.32 Å². The molecular formula is C8H13NO3. The predicted molar refractivity (Wildman–Crippen MR) is 42.6 cm³/mol. The monoisotopic (exact) mass is 171 g/mol. The normalized spacial score (nSPS) is 25.3. The van der Waals surface area contributed by atoms with Crippen LogP contribution in [-0.4, -0.2) is 23.5 Å². The van der Waals surface area contributed by atoms with E-state index < -0.39 is 11.9 Å². The van der Waals surface area contributed by atoms with Gasteiger partial charge in [0.25, 0.3) is 0 Å². The first-order valence-electron chi connectivity index (χ1n) is 4.22. The summed E-state index contributed by atoms with van der Waals surface area (Å²) in [5.41, 5.74) is 0. The average molecular weight is 171 g/mol. The van der Waals surface area contributed by atoms with E-state index in [1.165, 1.54) is 0 Å². The Kier molecular flexibility index (Phi) is 3.08. The number of amides is 1. The summed E-state index contributed by atoms with van der Waals surface area (Å²) in [6.07, 6.45) is 3.27. The van der Waals surface area contributed by atoms with Crippen molar-refractivity contribution in [3.05, 3.63) is 0 Å². The summed E-state index contributed by atoms with van der Waals surface area (Å²) in [6, 6.07) is 0. The van der Waals surface area contributed by atoms with Crippen LogP contribution in [0.3, 0.4) is 0 Å². The molecule has 2 N–H and O–H groups in total. The Bertz CT molecular complexity index is 191. The van der Waals surface area contributed by atoms with Crippen LogP contribution in [0.25, 0.3) is 0 Å². The lowest BCUT2D eigenvalue weighted by Crippen LogP contribution is -2.37. The van der Waals surface area contributed by atoms with Crippen LogP contribution in [0.15, 0.2) is 0 Å². The van der Waals surface area contributed by atoms with Crippen LogP contribution in [0.4, 0.5) is 0 Å². The van der Waals surface area contributed by atoms with Crippen molar-refractivity contribution in [1.82, 2.24) is 5.32 Å². The summed E-state index contributed by atoms with van der Waals surface area (Å²) in [5.74, 6) is -2.16. The zero-order valence-electron chi connectivity index (χ0n) is 6.88. The standard InChI is InChI=1S/C8H13NO3/c10-7-6(8(11)12)4-2-1-3-5-9-7/h6H,1-5H2,(H,9,10)(H,11,12). The van der Waals surface area contributed by atoms with E-state index in [1.807, 2.05) is 0 Å². The van der Waals surface area contributed by atoms with Gasteiger partial charge in [0.1, 0.15) is 5.92 Å². The molecule has 1 saturated heterocycles. The quantitative estimate of drug-likeness (QED) is 0.560. The first kappa shape index (κ1) is 9.03. The number of carboxylic acids is 1. The smallest absolute Gasteiger partial charge is 0.316 e. The highest BCUT2D eigenvalue weighted by atomic mass is 16.4. The first-order valence-corrected chi connectivity index (χ1v) is 4.22. The number of nitrogens with one attached hydrogen (secondary N) is 1. The number of carbonyl (C=O) groups excluding carboxylic acids is 1. The van der Waals surface area contributed by atoms with Gasteiger partial charge < -0.3 is 10.4 Å². The van der Waals surface area contributed by atoms with Crippen molar-refractivity contribution in [3.63, 3.8) is 0 Å². The third kappa shape index (κ3) is 2.22. The van der Waals surface area contributed by atoms with Gasteiger partial charge in [-0.2, -0.15) is 0 Å². The fraction of sp³-hybridized carbons (Fsp3) is 0.750. The Morgan fingerprint density at radius 3 is 2.83 bits per heavy atom. The molecule has 0 radical (unpaired) electrons. The number of carbonyl (C=O) groups is 2. The van der Waals surface area contributed by atoms with E-state index >= 15 is 0 Å². The molecule has 1 unspecified atom stereocenters. The van der Waals surface area contributed by atoms with Gasteiger partial charge in [0.2, 0.25) is 5.91 Å². The van der Waals surface area contributed by atoms with Gasteiger partial charge in [-0.3, -0.25) is 9.59 Å². The molecule has 1 fully saturated rings. The van der Waals surface area contributed by atoms with Gasteiger partial charge in [0.05, 0.1) is 0 Å². The van der Waals surface area contributed by atoms with Crippen LogP contribution < -0.4 is 5.32 Å². The minimum Gasteiger partial charge on any atom is -0.481 e. The molecular weight excluding hydrogens is 158 g/mol. The van der Waals surface area contributed by atoms with Crippen molar-refractivity contribution in [1.29, 1.82) is 0 Å². The number of carboxylic acid groups (broad SMARTS) is 1. The summed E-state index contributed by atoms with van der Waals surface area (Å²) in [5, 5.41) is 11.3. The average Bonchev–Trinajstić information content (AvgIpc) is 1.96. The van der Waals surface area contributed by atoms with E-state index in [4.69, 9.17) is 5.11 Å². The van der Waals surface area contributed by atoms with Crippen LogP contribution >= 0.6 is 0 Å². The number of aliphatic carboxylic acids is 1. The second-order valence-electron chi connectivity index (χ2n) is 3.03. The molecule has 1 atom stereocenters. The fourth-order valence-corrected chi connectivity index (χ4v) is 1.35. The number of rotatable bonds is 1. The van der Waals surface area contributed by atoms with Crippen molar-refractivity contribution < 1.29 is 14.7 Å². The molecule has 0 saturated carbocycles. The number of hydrogen-bond donors (Lipinski definition) is 2. The highest BCUT2D eigenvalue weighted by Crippen LogP contribution is 2.12. The van der Waals surface area contributed by atoms with Crippen molar-refractivity contribution in [2.24, 2.45) is 5.92 Å². The zero-order chi connectivity index (χ0) is 8.97. The summed E-state index contributed by atoms with van der Waals surface area (Å²) in [6.45, 7) is 0.614.